The van der Waals surface area contributed by atoms with Crippen molar-refractivity contribution in [3.8, 4) is 6.07 Å². The molecule has 34 heavy (non-hydrogen) atoms. The van der Waals surface area contributed by atoms with Crippen LogP contribution in [-0.2, 0) is 14.3 Å². The van der Waals surface area contributed by atoms with Gasteiger partial charge in [0.15, 0.2) is 0 Å². The Labute approximate surface area is 208 Å². The minimum atomic E-state index is -0.560. The zero-order valence-corrected chi connectivity index (χ0v) is 21.3. The van der Waals surface area contributed by atoms with Crippen LogP contribution in [0.25, 0.3) is 0 Å². The summed E-state index contributed by atoms with van der Waals surface area (Å²) in [7, 11) is 0. The van der Waals surface area contributed by atoms with E-state index in [0.29, 0.717) is 21.9 Å². The third-order valence-electron chi connectivity index (χ3n) is 5.32. The molecule has 0 radical (unpaired) electrons. The molecule has 1 aromatic heterocycles. The molecule has 1 aliphatic heterocycles. The molecule has 1 atom stereocenters. The van der Waals surface area contributed by atoms with Crippen molar-refractivity contribution < 1.29 is 14.3 Å². The highest BCUT2D eigenvalue weighted by atomic mass is 32.2. The number of hydrogen-bond acceptors (Lipinski definition) is 7. The van der Waals surface area contributed by atoms with Gasteiger partial charge in [0.1, 0.15) is 6.61 Å². The number of thiophene rings is 1. The summed E-state index contributed by atoms with van der Waals surface area (Å²) in [6.07, 6.45) is 1.50. The van der Waals surface area contributed by atoms with E-state index >= 15 is 0 Å². The quantitative estimate of drug-likeness (QED) is 0.374. The van der Waals surface area contributed by atoms with Crippen LogP contribution in [0.1, 0.15) is 34.4 Å². The molecule has 6 nitrogen and oxygen atoms in total. The lowest BCUT2D eigenvalue weighted by Gasteiger charge is -2.28. The molecule has 1 aliphatic rings. The van der Waals surface area contributed by atoms with Gasteiger partial charge in [-0.05, 0) is 50.3 Å². The van der Waals surface area contributed by atoms with Crippen molar-refractivity contribution in [3.63, 3.8) is 0 Å². The van der Waals surface area contributed by atoms with Crippen LogP contribution in [0.15, 0.2) is 64.2 Å². The summed E-state index contributed by atoms with van der Waals surface area (Å²) in [5.74, 6) is -1.11. The number of amides is 1. The van der Waals surface area contributed by atoms with E-state index in [9.17, 15) is 14.9 Å². The van der Waals surface area contributed by atoms with Crippen molar-refractivity contribution >= 4 is 40.7 Å². The van der Waals surface area contributed by atoms with Crippen LogP contribution in [-0.4, -0.2) is 24.2 Å². The minimum Gasteiger partial charge on any atom is -0.458 e. The van der Waals surface area contributed by atoms with E-state index in [1.165, 1.54) is 29.2 Å². The maximum absolute atomic E-state index is 12.8. The number of allylic oxidation sites excluding steroid dienone is 2. The molecular formula is C26H27N3O3S2. The Morgan fingerprint density at radius 3 is 2.59 bits per heavy atom. The van der Waals surface area contributed by atoms with Gasteiger partial charge in [-0.15, -0.1) is 11.3 Å². The molecule has 1 amide bonds. The second-order valence-corrected chi connectivity index (χ2v) is 9.93. The summed E-state index contributed by atoms with van der Waals surface area (Å²) in [5.41, 5.74) is 5.33. The highest BCUT2D eigenvalue weighted by molar-refractivity contribution is 8.03. The fourth-order valence-corrected chi connectivity index (χ4v) is 5.67. The van der Waals surface area contributed by atoms with E-state index in [-0.39, 0.29) is 18.3 Å². The lowest BCUT2D eigenvalue weighted by Crippen LogP contribution is -2.29. The molecule has 0 spiro atoms. The summed E-state index contributed by atoms with van der Waals surface area (Å²) in [5, 5.41) is 18.7. The van der Waals surface area contributed by atoms with Crippen LogP contribution in [0.4, 0.5) is 5.69 Å². The number of carbonyl (C=O) groups excluding carboxylic acids is 2. The summed E-state index contributed by atoms with van der Waals surface area (Å²) in [6.45, 7) is 11.4. The van der Waals surface area contributed by atoms with E-state index in [0.717, 1.165) is 27.3 Å². The first-order valence-corrected chi connectivity index (χ1v) is 12.6. The lowest BCUT2D eigenvalue weighted by atomic mass is 9.87. The third kappa shape index (κ3) is 5.61. The molecule has 0 bridgehead atoms. The average Bonchev–Trinajstić information content (AvgIpc) is 3.32. The van der Waals surface area contributed by atoms with E-state index in [2.05, 4.69) is 23.3 Å². The van der Waals surface area contributed by atoms with Gasteiger partial charge in [0.05, 0.1) is 33.9 Å². The van der Waals surface area contributed by atoms with E-state index < -0.39 is 11.9 Å². The molecular weight excluding hydrogens is 466 g/mol. The Morgan fingerprint density at radius 1 is 1.29 bits per heavy atom. The predicted molar refractivity (Wildman–Crippen MR) is 138 cm³/mol. The standard InChI is InChI=1S/C26H27N3O3S2/c1-6-9-32-26(31)22-18(5)28-25(19(13-27)23(22)20-8-7-10-33-20)34-14-21(30)29-24-16(3)11-15(2)12-17(24)4/h6-8,10-12,23,28H,1,9,14H2,2-5H3,(H,29,30). The second kappa shape index (κ2) is 11.2. The molecule has 0 saturated carbocycles. The number of aryl methyl sites for hydroxylation is 3. The Kier molecular flexibility index (Phi) is 8.37. The minimum absolute atomic E-state index is 0.0813. The normalized spacial score (nSPS) is 15.4. The zero-order chi connectivity index (χ0) is 24.8. The Hall–Kier alpha value is -3.28. The monoisotopic (exact) mass is 493 g/mol. The van der Waals surface area contributed by atoms with Crippen LogP contribution in [0.5, 0.6) is 0 Å². The lowest BCUT2D eigenvalue weighted by molar-refractivity contribution is -0.138. The highest BCUT2D eigenvalue weighted by Gasteiger charge is 2.36. The maximum Gasteiger partial charge on any atom is 0.337 e. The first kappa shape index (κ1) is 25.3. The Bertz CT molecular complexity index is 1200. The maximum atomic E-state index is 12.8. The van der Waals surface area contributed by atoms with Gasteiger partial charge in [-0.1, -0.05) is 48.2 Å². The van der Waals surface area contributed by atoms with Gasteiger partial charge in [-0.2, -0.15) is 5.26 Å². The molecule has 0 aliphatic carbocycles. The number of nitrogens with zero attached hydrogens (tertiary/aromatic N) is 1. The van der Waals surface area contributed by atoms with Gasteiger partial charge in [-0.3, -0.25) is 4.79 Å². The van der Waals surface area contributed by atoms with Crippen molar-refractivity contribution in [1.29, 1.82) is 5.26 Å². The van der Waals surface area contributed by atoms with E-state index in [1.807, 2.05) is 50.4 Å². The molecule has 0 saturated heterocycles. The molecule has 176 valence electrons. The van der Waals surface area contributed by atoms with Crippen LogP contribution in [0, 0.1) is 32.1 Å². The van der Waals surface area contributed by atoms with Crippen LogP contribution < -0.4 is 10.6 Å². The van der Waals surface area contributed by atoms with Crippen molar-refractivity contribution in [2.45, 2.75) is 33.6 Å². The topological polar surface area (TPSA) is 91.2 Å². The second-order valence-electron chi connectivity index (χ2n) is 7.96. The molecule has 8 heteroatoms. The summed E-state index contributed by atoms with van der Waals surface area (Å²) in [4.78, 5) is 26.5. The van der Waals surface area contributed by atoms with Gasteiger partial charge in [0, 0.05) is 16.3 Å². The molecule has 3 rings (SSSR count). The number of thioether (sulfide) groups is 1. The van der Waals surface area contributed by atoms with Gasteiger partial charge in [0.25, 0.3) is 0 Å². The molecule has 2 aromatic rings. The number of dihydropyridines is 1. The number of ether oxygens (including phenoxy) is 1. The van der Waals surface area contributed by atoms with Crippen molar-refractivity contribution in [1.82, 2.24) is 5.32 Å². The fourth-order valence-electron chi connectivity index (χ4n) is 3.94. The molecule has 0 fully saturated rings. The number of esters is 1. The van der Waals surface area contributed by atoms with Gasteiger partial charge < -0.3 is 15.4 Å². The summed E-state index contributed by atoms with van der Waals surface area (Å²) >= 11 is 2.71. The van der Waals surface area contributed by atoms with Crippen molar-refractivity contribution in [2.24, 2.45) is 0 Å². The predicted octanol–water partition coefficient (Wildman–Crippen LogP) is 5.47. The van der Waals surface area contributed by atoms with Gasteiger partial charge in [-0.25, -0.2) is 4.79 Å². The highest BCUT2D eigenvalue weighted by Crippen LogP contribution is 2.42. The van der Waals surface area contributed by atoms with Crippen LogP contribution in [0.2, 0.25) is 0 Å². The fraction of sp³-hybridized carbons (Fsp3) is 0.269. The summed E-state index contributed by atoms with van der Waals surface area (Å²) < 4.78 is 5.30. The molecule has 2 N–H and O–H groups in total. The smallest absolute Gasteiger partial charge is 0.337 e. The SMILES string of the molecule is C=CCOC(=O)C1=C(C)NC(SCC(=O)Nc2c(C)cc(C)cc2C)=C(C#N)C1c1cccs1. The Balaban J connectivity index is 1.85. The molecule has 1 aromatic carbocycles. The number of nitriles is 1. The number of nitrogens with one attached hydrogen (secondary N) is 2. The molecule has 1 unspecified atom stereocenters. The largest absolute Gasteiger partial charge is 0.458 e. The van der Waals surface area contributed by atoms with Gasteiger partial charge in [0.2, 0.25) is 5.91 Å². The average molecular weight is 494 g/mol. The first-order valence-electron chi connectivity index (χ1n) is 10.7. The van der Waals surface area contributed by atoms with Crippen molar-refractivity contribution in [2.75, 3.05) is 17.7 Å². The van der Waals surface area contributed by atoms with E-state index in [1.54, 1.807) is 6.92 Å². The zero-order valence-electron chi connectivity index (χ0n) is 19.7. The number of carbonyl (C=O) groups is 2. The Morgan fingerprint density at radius 2 is 2.00 bits per heavy atom. The van der Waals surface area contributed by atoms with Crippen molar-refractivity contribution in [3.05, 3.63) is 85.7 Å². The number of benzene rings is 1. The first-order chi connectivity index (χ1) is 16.3. The number of hydrogen-bond donors (Lipinski definition) is 2. The van der Waals surface area contributed by atoms with Crippen LogP contribution in [0.3, 0.4) is 0 Å². The summed E-state index contributed by atoms with van der Waals surface area (Å²) in [6, 6.07) is 10.1. The number of anilines is 1. The molecule has 2 heterocycles. The third-order valence-corrected chi connectivity index (χ3v) is 7.27. The number of rotatable bonds is 8. The van der Waals surface area contributed by atoms with E-state index in [4.69, 9.17) is 4.74 Å². The van der Waals surface area contributed by atoms with Gasteiger partial charge >= 0.3 is 5.97 Å². The van der Waals surface area contributed by atoms with Crippen LogP contribution >= 0.6 is 23.1 Å².